The number of aldehydes is 1. The topological polar surface area (TPSA) is 20.3 Å². The molecule has 0 aromatic heterocycles. The fourth-order valence-electron chi connectivity index (χ4n) is 2.87. The Morgan fingerprint density at radius 1 is 1.44 bits per heavy atom. The van der Waals surface area contributed by atoms with Crippen molar-refractivity contribution in [2.45, 2.75) is 33.1 Å². The molecule has 1 aliphatic carbocycles. The van der Waals surface area contributed by atoms with Crippen molar-refractivity contribution in [3.63, 3.8) is 0 Å². The molecule has 2 nitrogen and oxygen atoms in total. The molecular formula is C14H21NO. The molecule has 0 radical (unpaired) electrons. The largest absolute Gasteiger partial charge is 0.374 e. The van der Waals surface area contributed by atoms with Crippen LogP contribution in [-0.2, 0) is 4.79 Å². The molecule has 1 fully saturated rings. The van der Waals surface area contributed by atoms with Crippen molar-refractivity contribution in [1.82, 2.24) is 4.90 Å². The molecule has 1 unspecified atom stereocenters. The first kappa shape index (κ1) is 11.4. The molecule has 0 aromatic carbocycles. The first-order valence-electron chi connectivity index (χ1n) is 6.14. The molecule has 0 N–H and O–H groups in total. The van der Waals surface area contributed by atoms with Crippen molar-refractivity contribution in [2.75, 3.05) is 13.1 Å². The number of carbonyl (C=O) groups is 1. The summed E-state index contributed by atoms with van der Waals surface area (Å²) in [6.07, 6.45) is 6.76. The Kier molecular flexibility index (Phi) is 2.92. The van der Waals surface area contributed by atoms with Crippen LogP contribution in [0.3, 0.4) is 0 Å². The fourth-order valence-corrected chi connectivity index (χ4v) is 2.87. The average molecular weight is 219 g/mol. The first-order valence-corrected chi connectivity index (χ1v) is 6.14. The number of nitrogens with zero attached hydrogens (tertiary/aromatic N) is 1. The van der Waals surface area contributed by atoms with E-state index in [1.807, 2.05) is 0 Å². The van der Waals surface area contributed by atoms with Crippen molar-refractivity contribution in [3.05, 3.63) is 23.9 Å². The average Bonchev–Trinajstić information content (AvgIpc) is 2.67. The SMILES string of the molecule is C=C1CC(C)(C)C=C(N2CCCC2)C1C=O. The second-order valence-electron chi connectivity index (χ2n) is 5.70. The zero-order valence-corrected chi connectivity index (χ0v) is 10.3. The van der Waals surface area contributed by atoms with Crippen LogP contribution in [0, 0.1) is 11.3 Å². The van der Waals surface area contributed by atoms with E-state index in [9.17, 15) is 4.79 Å². The van der Waals surface area contributed by atoms with Gasteiger partial charge in [0.25, 0.3) is 0 Å². The number of hydrogen-bond acceptors (Lipinski definition) is 2. The normalized spacial score (nSPS) is 29.1. The maximum atomic E-state index is 11.2. The number of carbonyl (C=O) groups excluding carboxylic acids is 1. The summed E-state index contributed by atoms with van der Waals surface area (Å²) in [7, 11) is 0. The van der Waals surface area contributed by atoms with E-state index in [1.165, 1.54) is 18.5 Å². The van der Waals surface area contributed by atoms with Crippen LogP contribution in [0.5, 0.6) is 0 Å². The molecule has 1 aliphatic heterocycles. The van der Waals surface area contributed by atoms with Gasteiger partial charge in [0.2, 0.25) is 0 Å². The Morgan fingerprint density at radius 3 is 2.62 bits per heavy atom. The van der Waals surface area contributed by atoms with E-state index in [0.29, 0.717) is 0 Å². The molecule has 1 heterocycles. The number of allylic oxidation sites excluding steroid dienone is 2. The van der Waals surface area contributed by atoms with Gasteiger partial charge in [0.05, 0.1) is 5.92 Å². The summed E-state index contributed by atoms with van der Waals surface area (Å²) >= 11 is 0. The summed E-state index contributed by atoms with van der Waals surface area (Å²) in [5.41, 5.74) is 2.42. The predicted octanol–water partition coefficient (Wildman–Crippen LogP) is 2.77. The van der Waals surface area contributed by atoms with E-state index >= 15 is 0 Å². The predicted molar refractivity (Wildman–Crippen MR) is 66.0 cm³/mol. The van der Waals surface area contributed by atoms with E-state index in [2.05, 4.69) is 31.4 Å². The van der Waals surface area contributed by atoms with Gasteiger partial charge in [-0.25, -0.2) is 0 Å². The van der Waals surface area contributed by atoms with E-state index in [0.717, 1.165) is 31.4 Å². The Labute approximate surface area is 98.0 Å². The summed E-state index contributed by atoms with van der Waals surface area (Å²) in [4.78, 5) is 13.6. The van der Waals surface area contributed by atoms with Crippen molar-refractivity contribution >= 4 is 6.29 Å². The Balaban J connectivity index is 2.32. The molecular weight excluding hydrogens is 198 g/mol. The van der Waals surface area contributed by atoms with Crippen molar-refractivity contribution in [1.29, 1.82) is 0 Å². The van der Waals surface area contributed by atoms with Gasteiger partial charge in [0.1, 0.15) is 6.29 Å². The molecule has 0 amide bonds. The van der Waals surface area contributed by atoms with E-state index in [4.69, 9.17) is 0 Å². The van der Waals surface area contributed by atoms with Gasteiger partial charge in [-0.1, -0.05) is 32.1 Å². The summed E-state index contributed by atoms with van der Waals surface area (Å²) < 4.78 is 0. The molecule has 1 atom stereocenters. The molecule has 0 aromatic rings. The van der Waals surface area contributed by atoms with Gasteiger partial charge < -0.3 is 9.69 Å². The lowest BCUT2D eigenvalue weighted by molar-refractivity contribution is -0.109. The van der Waals surface area contributed by atoms with E-state index in [-0.39, 0.29) is 11.3 Å². The van der Waals surface area contributed by atoms with Crippen LogP contribution < -0.4 is 0 Å². The first-order chi connectivity index (χ1) is 7.53. The minimum atomic E-state index is -0.0638. The summed E-state index contributed by atoms with van der Waals surface area (Å²) in [5, 5.41) is 0. The lowest BCUT2D eigenvalue weighted by Gasteiger charge is -2.37. The second-order valence-corrected chi connectivity index (χ2v) is 5.70. The van der Waals surface area contributed by atoms with Crippen LogP contribution in [0.25, 0.3) is 0 Å². The quantitative estimate of drug-likeness (QED) is 0.526. The van der Waals surface area contributed by atoms with E-state index in [1.54, 1.807) is 0 Å². The van der Waals surface area contributed by atoms with Crippen molar-refractivity contribution in [3.8, 4) is 0 Å². The van der Waals surface area contributed by atoms with Crippen molar-refractivity contribution < 1.29 is 4.79 Å². The summed E-state index contributed by atoms with van der Waals surface area (Å²) in [6.45, 7) is 10.7. The number of hydrogen-bond donors (Lipinski definition) is 0. The zero-order valence-electron chi connectivity index (χ0n) is 10.3. The van der Waals surface area contributed by atoms with Crippen LogP contribution in [0.4, 0.5) is 0 Å². The smallest absolute Gasteiger partial charge is 0.132 e. The lowest BCUT2D eigenvalue weighted by atomic mass is 9.74. The molecule has 88 valence electrons. The molecule has 0 spiro atoms. The van der Waals surface area contributed by atoms with Crippen LogP contribution in [0.2, 0.25) is 0 Å². The third-order valence-electron chi connectivity index (χ3n) is 3.59. The third kappa shape index (κ3) is 2.06. The van der Waals surface area contributed by atoms with Gasteiger partial charge in [0.15, 0.2) is 0 Å². The van der Waals surface area contributed by atoms with Gasteiger partial charge in [-0.3, -0.25) is 0 Å². The maximum Gasteiger partial charge on any atom is 0.132 e. The standard InChI is InChI=1S/C14H21NO/c1-11-8-14(2,3)9-13(12(11)10-16)15-6-4-5-7-15/h9-10,12H,1,4-8H2,2-3H3. The minimum Gasteiger partial charge on any atom is -0.374 e. The minimum absolute atomic E-state index is 0.0638. The highest BCUT2D eigenvalue weighted by molar-refractivity contribution is 5.65. The van der Waals surface area contributed by atoms with Crippen LogP contribution in [0.1, 0.15) is 33.1 Å². The van der Waals surface area contributed by atoms with Gasteiger partial charge >= 0.3 is 0 Å². The number of likely N-dealkylation sites (tertiary alicyclic amines) is 1. The van der Waals surface area contributed by atoms with Gasteiger partial charge in [-0.05, 0) is 24.7 Å². The monoisotopic (exact) mass is 219 g/mol. The van der Waals surface area contributed by atoms with Gasteiger partial charge in [-0.15, -0.1) is 0 Å². The summed E-state index contributed by atoms with van der Waals surface area (Å²) in [6, 6.07) is 0. The molecule has 1 saturated heterocycles. The molecule has 16 heavy (non-hydrogen) atoms. The number of rotatable bonds is 2. The molecule has 2 aliphatic rings. The fraction of sp³-hybridized carbons (Fsp3) is 0.643. The van der Waals surface area contributed by atoms with Crippen molar-refractivity contribution in [2.24, 2.45) is 11.3 Å². The molecule has 2 heteroatoms. The maximum absolute atomic E-state index is 11.2. The lowest BCUT2D eigenvalue weighted by Crippen LogP contribution is -2.32. The van der Waals surface area contributed by atoms with E-state index < -0.39 is 0 Å². The third-order valence-corrected chi connectivity index (χ3v) is 3.59. The molecule has 0 bridgehead atoms. The van der Waals surface area contributed by atoms with Crippen LogP contribution >= 0.6 is 0 Å². The van der Waals surface area contributed by atoms with Crippen LogP contribution in [0.15, 0.2) is 23.9 Å². The van der Waals surface area contributed by atoms with Crippen LogP contribution in [-0.4, -0.2) is 24.3 Å². The highest BCUT2D eigenvalue weighted by Crippen LogP contribution is 2.40. The Bertz CT molecular complexity index is 335. The second kappa shape index (κ2) is 4.08. The Morgan fingerprint density at radius 2 is 2.06 bits per heavy atom. The highest BCUT2D eigenvalue weighted by Gasteiger charge is 2.33. The zero-order chi connectivity index (χ0) is 11.8. The molecule has 0 saturated carbocycles. The van der Waals surface area contributed by atoms with Gasteiger partial charge in [-0.2, -0.15) is 0 Å². The Hall–Kier alpha value is -1.05. The molecule has 2 rings (SSSR count). The highest BCUT2D eigenvalue weighted by atomic mass is 16.1. The van der Waals surface area contributed by atoms with Gasteiger partial charge in [0, 0.05) is 18.8 Å². The summed E-state index contributed by atoms with van der Waals surface area (Å²) in [5.74, 6) is -0.0638.